The molecule has 1 aliphatic heterocycles. The van der Waals surface area contributed by atoms with E-state index in [9.17, 15) is 4.79 Å². The van der Waals surface area contributed by atoms with Crippen molar-refractivity contribution in [2.24, 2.45) is 0 Å². The van der Waals surface area contributed by atoms with Gasteiger partial charge in [-0.2, -0.15) is 0 Å². The van der Waals surface area contributed by atoms with Gasteiger partial charge >= 0.3 is 0 Å². The number of carbonyl (C=O) groups excluding carboxylic acids is 1. The first-order valence-corrected chi connectivity index (χ1v) is 8.04. The molecule has 124 valence electrons. The smallest absolute Gasteiger partial charge is 0.262 e. The lowest BCUT2D eigenvalue weighted by atomic mass is 10.1. The standard InChI is InChI=1S/C20H17N3O2/c1-13-3-2-4-16(9-13)22-19-11-15(7-8-21-19)14-5-6-18-17(10-14)23-20(24)12-25-18/h2-11H,12H2,1H3,(H,21,22)(H,23,24). The van der Waals surface area contributed by atoms with Crippen LogP contribution in [-0.2, 0) is 4.79 Å². The van der Waals surface area contributed by atoms with E-state index in [2.05, 4.69) is 34.7 Å². The summed E-state index contributed by atoms with van der Waals surface area (Å²) in [5, 5.41) is 6.15. The second kappa shape index (κ2) is 6.28. The van der Waals surface area contributed by atoms with Gasteiger partial charge in [-0.3, -0.25) is 4.79 Å². The third-order valence-corrected chi connectivity index (χ3v) is 4.00. The molecule has 2 N–H and O–H groups in total. The highest BCUT2D eigenvalue weighted by Gasteiger charge is 2.16. The zero-order chi connectivity index (χ0) is 17.2. The van der Waals surface area contributed by atoms with Crippen molar-refractivity contribution in [3.63, 3.8) is 0 Å². The molecule has 2 heterocycles. The van der Waals surface area contributed by atoms with Crippen molar-refractivity contribution in [3.05, 3.63) is 66.4 Å². The molecule has 5 nitrogen and oxygen atoms in total. The number of aromatic nitrogens is 1. The maximum atomic E-state index is 11.5. The van der Waals surface area contributed by atoms with E-state index in [1.807, 2.05) is 42.5 Å². The Kier molecular flexibility index (Phi) is 3.82. The number of hydrogen-bond acceptors (Lipinski definition) is 4. The number of aryl methyl sites for hydroxylation is 1. The van der Waals surface area contributed by atoms with Gasteiger partial charge in [0.05, 0.1) is 5.69 Å². The van der Waals surface area contributed by atoms with E-state index in [0.717, 1.165) is 22.6 Å². The summed E-state index contributed by atoms with van der Waals surface area (Å²) in [7, 11) is 0. The Morgan fingerprint density at radius 3 is 2.84 bits per heavy atom. The van der Waals surface area contributed by atoms with Crippen LogP contribution < -0.4 is 15.4 Å². The first-order chi connectivity index (χ1) is 12.2. The number of pyridine rings is 1. The summed E-state index contributed by atoms with van der Waals surface area (Å²) in [4.78, 5) is 15.9. The first-order valence-electron chi connectivity index (χ1n) is 8.04. The molecular formula is C20H17N3O2. The fourth-order valence-electron chi connectivity index (χ4n) is 2.81. The molecule has 4 rings (SSSR count). The highest BCUT2D eigenvalue weighted by Crippen LogP contribution is 2.33. The lowest BCUT2D eigenvalue weighted by Crippen LogP contribution is -2.25. The van der Waals surface area contributed by atoms with Crippen LogP contribution in [0.15, 0.2) is 60.8 Å². The molecule has 0 atom stereocenters. The molecule has 0 unspecified atom stereocenters. The average molecular weight is 331 g/mol. The van der Waals surface area contributed by atoms with Gasteiger partial charge in [0.1, 0.15) is 11.6 Å². The lowest BCUT2D eigenvalue weighted by Gasteiger charge is -2.18. The summed E-state index contributed by atoms with van der Waals surface area (Å²) in [6.45, 7) is 2.12. The number of rotatable bonds is 3. The van der Waals surface area contributed by atoms with Gasteiger partial charge < -0.3 is 15.4 Å². The Bertz CT molecular complexity index is 953. The number of amides is 1. The summed E-state index contributed by atoms with van der Waals surface area (Å²) >= 11 is 0. The van der Waals surface area contributed by atoms with Crippen LogP contribution in [0.3, 0.4) is 0 Å². The maximum absolute atomic E-state index is 11.5. The maximum Gasteiger partial charge on any atom is 0.262 e. The Hall–Kier alpha value is -3.34. The van der Waals surface area contributed by atoms with E-state index < -0.39 is 0 Å². The number of ether oxygens (including phenoxy) is 1. The van der Waals surface area contributed by atoms with Crippen molar-refractivity contribution < 1.29 is 9.53 Å². The Morgan fingerprint density at radius 1 is 1.08 bits per heavy atom. The highest BCUT2D eigenvalue weighted by molar-refractivity contribution is 5.96. The molecule has 0 saturated carbocycles. The minimum Gasteiger partial charge on any atom is -0.482 e. The van der Waals surface area contributed by atoms with E-state index in [1.54, 1.807) is 6.20 Å². The number of anilines is 3. The number of benzene rings is 2. The SMILES string of the molecule is Cc1cccc(Nc2cc(-c3ccc4c(c3)NC(=O)CO4)ccn2)c1. The Balaban J connectivity index is 1.63. The average Bonchev–Trinajstić information content (AvgIpc) is 2.61. The monoisotopic (exact) mass is 331 g/mol. The van der Waals surface area contributed by atoms with E-state index >= 15 is 0 Å². The molecule has 0 spiro atoms. The summed E-state index contributed by atoms with van der Waals surface area (Å²) < 4.78 is 5.40. The van der Waals surface area contributed by atoms with Crippen LogP contribution in [0.2, 0.25) is 0 Å². The van der Waals surface area contributed by atoms with Crippen molar-refractivity contribution in [2.75, 3.05) is 17.2 Å². The summed E-state index contributed by atoms with van der Waals surface area (Å²) in [6, 6.07) is 17.8. The first kappa shape index (κ1) is 15.2. The molecule has 0 fully saturated rings. The van der Waals surface area contributed by atoms with Crippen molar-refractivity contribution in [3.8, 4) is 16.9 Å². The van der Waals surface area contributed by atoms with Gasteiger partial charge in [0.2, 0.25) is 0 Å². The van der Waals surface area contributed by atoms with E-state index in [0.29, 0.717) is 11.4 Å². The van der Waals surface area contributed by atoms with Crippen molar-refractivity contribution in [2.45, 2.75) is 6.92 Å². The fraction of sp³-hybridized carbons (Fsp3) is 0.100. The largest absolute Gasteiger partial charge is 0.482 e. The van der Waals surface area contributed by atoms with Crippen LogP contribution in [0, 0.1) is 6.92 Å². The molecule has 1 amide bonds. The number of fused-ring (bicyclic) bond motifs is 1. The Labute approximate surface area is 145 Å². The normalized spacial score (nSPS) is 12.8. The van der Waals surface area contributed by atoms with Crippen LogP contribution in [0.1, 0.15) is 5.56 Å². The van der Waals surface area contributed by atoms with Gasteiger partial charge in [-0.15, -0.1) is 0 Å². The molecule has 1 aromatic heterocycles. The number of nitrogens with zero attached hydrogens (tertiary/aromatic N) is 1. The summed E-state index contributed by atoms with van der Waals surface area (Å²) in [5.74, 6) is 1.32. The molecule has 5 heteroatoms. The minimum absolute atomic E-state index is 0.0617. The zero-order valence-electron chi connectivity index (χ0n) is 13.7. The van der Waals surface area contributed by atoms with Crippen molar-refractivity contribution >= 4 is 23.1 Å². The molecule has 0 radical (unpaired) electrons. The summed E-state index contributed by atoms with van der Waals surface area (Å²) in [6.07, 6.45) is 1.77. The number of nitrogens with one attached hydrogen (secondary N) is 2. The lowest BCUT2D eigenvalue weighted by molar-refractivity contribution is -0.118. The van der Waals surface area contributed by atoms with Crippen molar-refractivity contribution in [1.82, 2.24) is 4.98 Å². The van der Waals surface area contributed by atoms with E-state index in [4.69, 9.17) is 4.74 Å². The van der Waals surface area contributed by atoms with Gasteiger partial charge in [0.25, 0.3) is 5.91 Å². The quantitative estimate of drug-likeness (QED) is 0.757. The van der Waals surface area contributed by atoms with Gasteiger partial charge in [-0.25, -0.2) is 4.98 Å². The molecule has 25 heavy (non-hydrogen) atoms. The zero-order valence-corrected chi connectivity index (χ0v) is 13.7. The van der Waals surface area contributed by atoms with Gasteiger partial charge in [-0.1, -0.05) is 18.2 Å². The molecule has 1 aliphatic rings. The Morgan fingerprint density at radius 2 is 1.96 bits per heavy atom. The summed E-state index contributed by atoms with van der Waals surface area (Å²) in [5.41, 5.74) is 4.87. The topological polar surface area (TPSA) is 63.2 Å². The minimum atomic E-state index is -0.138. The third kappa shape index (κ3) is 3.30. The fourth-order valence-corrected chi connectivity index (χ4v) is 2.81. The van der Waals surface area contributed by atoms with Gasteiger partial charge in [-0.05, 0) is 60.0 Å². The molecule has 2 aromatic carbocycles. The molecule has 0 aliphatic carbocycles. The predicted octanol–water partition coefficient (Wildman–Crippen LogP) is 4.13. The second-order valence-corrected chi connectivity index (χ2v) is 5.97. The highest BCUT2D eigenvalue weighted by atomic mass is 16.5. The van der Waals surface area contributed by atoms with E-state index in [-0.39, 0.29) is 12.5 Å². The van der Waals surface area contributed by atoms with Crippen LogP contribution in [0.25, 0.3) is 11.1 Å². The predicted molar refractivity (Wildman–Crippen MR) is 98.3 cm³/mol. The van der Waals surface area contributed by atoms with Gasteiger partial charge in [0.15, 0.2) is 6.61 Å². The van der Waals surface area contributed by atoms with E-state index in [1.165, 1.54) is 5.56 Å². The van der Waals surface area contributed by atoms with Crippen LogP contribution in [0.4, 0.5) is 17.2 Å². The second-order valence-electron chi connectivity index (χ2n) is 5.97. The van der Waals surface area contributed by atoms with Crippen LogP contribution in [0.5, 0.6) is 5.75 Å². The van der Waals surface area contributed by atoms with Crippen LogP contribution in [-0.4, -0.2) is 17.5 Å². The molecular weight excluding hydrogens is 314 g/mol. The molecule has 3 aromatic rings. The molecule has 0 saturated heterocycles. The molecule has 0 bridgehead atoms. The van der Waals surface area contributed by atoms with Crippen LogP contribution >= 0.6 is 0 Å². The van der Waals surface area contributed by atoms with Crippen molar-refractivity contribution in [1.29, 1.82) is 0 Å². The van der Waals surface area contributed by atoms with Gasteiger partial charge in [0, 0.05) is 11.9 Å². The number of hydrogen-bond donors (Lipinski definition) is 2. The number of carbonyl (C=O) groups is 1. The third-order valence-electron chi connectivity index (χ3n) is 4.00.